The lowest BCUT2D eigenvalue weighted by molar-refractivity contribution is -0.577. The number of nitrogens with zero attached hydrogens (tertiary/aromatic N) is 2. The molecule has 1 aliphatic heterocycles. The van der Waals surface area contributed by atoms with Crippen LogP contribution in [0.15, 0.2) is 84.8 Å². The number of imide groups is 1. The molecular formula is C25H22N3O4+. The summed E-state index contributed by atoms with van der Waals surface area (Å²) in [7, 11) is 0. The smallest absolute Gasteiger partial charge is 0.338 e. The van der Waals surface area contributed by atoms with E-state index in [2.05, 4.69) is 5.32 Å². The molecule has 0 fully saturated rings. The normalized spacial score (nSPS) is 13.5. The van der Waals surface area contributed by atoms with Crippen LogP contribution in [0.3, 0.4) is 0 Å². The van der Waals surface area contributed by atoms with Crippen LogP contribution in [0.4, 0.5) is 11.4 Å². The van der Waals surface area contributed by atoms with Gasteiger partial charge in [0.2, 0.25) is 0 Å². The minimum absolute atomic E-state index is 0.171. The third-order valence-corrected chi connectivity index (χ3v) is 4.99. The second kappa shape index (κ2) is 8.85. The maximum atomic E-state index is 13.4. The van der Waals surface area contributed by atoms with Gasteiger partial charge in [-0.1, -0.05) is 23.8 Å². The molecule has 0 spiro atoms. The number of anilines is 2. The van der Waals surface area contributed by atoms with Gasteiger partial charge >= 0.3 is 17.6 Å². The molecule has 160 valence electrons. The zero-order valence-electron chi connectivity index (χ0n) is 17.7. The molecular weight excluding hydrogens is 406 g/mol. The van der Waals surface area contributed by atoms with Crippen molar-refractivity contribution in [3.63, 3.8) is 0 Å². The Hall–Kier alpha value is -4.26. The Morgan fingerprint density at radius 2 is 1.59 bits per heavy atom. The summed E-state index contributed by atoms with van der Waals surface area (Å²) >= 11 is 0. The van der Waals surface area contributed by atoms with Crippen LogP contribution in [-0.4, -0.2) is 24.4 Å². The summed E-state index contributed by atoms with van der Waals surface area (Å²) in [6.45, 7) is 3.96. The van der Waals surface area contributed by atoms with E-state index in [0.29, 0.717) is 16.9 Å². The third-order valence-electron chi connectivity index (χ3n) is 4.99. The summed E-state index contributed by atoms with van der Waals surface area (Å²) in [6, 6.07) is 19.1. The van der Waals surface area contributed by atoms with E-state index in [9.17, 15) is 14.4 Å². The lowest BCUT2D eigenvalue weighted by atomic mass is 10.2. The van der Waals surface area contributed by atoms with Gasteiger partial charge in [-0.2, -0.15) is 4.57 Å². The lowest BCUT2D eigenvalue weighted by Gasteiger charge is -2.14. The van der Waals surface area contributed by atoms with Crippen molar-refractivity contribution in [2.75, 3.05) is 16.8 Å². The Morgan fingerprint density at radius 3 is 2.22 bits per heavy atom. The van der Waals surface area contributed by atoms with Crippen molar-refractivity contribution in [2.45, 2.75) is 13.8 Å². The van der Waals surface area contributed by atoms with Crippen LogP contribution in [0, 0.1) is 6.92 Å². The fourth-order valence-corrected chi connectivity index (χ4v) is 3.39. The van der Waals surface area contributed by atoms with Crippen molar-refractivity contribution in [3.05, 3.63) is 95.9 Å². The van der Waals surface area contributed by atoms with E-state index in [4.69, 9.17) is 4.74 Å². The Morgan fingerprint density at radius 1 is 0.938 bits per heavy atom. The van der Waals surface area contributed by atoms with E-state index < -0.39 is 17.8 Å². The average Bonchev–Trinajstić information content (AvgIpc) is 3.05. The largest absolute Gasteiger partial charge is 0.462 e. The molecule has 0 saturated carbocycles. The molecule has 1 aromatic heterocycles. The fourth-order valence-electron chi connectivity index (χ4n) is 3.39. The van der Waals surface area contributed by atoms with Crippen LogP contribution in [0.25, 0.3) is 5.70 Å². The van der Waals surface area contributed by atoms with Gasteiger partial charge in [0, 0.05) is 17.8 Å². The summed E-state index contributed by atoms with van der Waals surface area (Å²) in [4.78, 5) is 39.8. The number of ether oxygens (including phenoxy) is 1. The number of aromatic nitrogens is 1. The van der Waals surface area contributed by atoms with Gasteiger partial charge in [0.15, 0.2) is 18.1 Å². The SMILES string of the molecule is CCOC(=O)c1ccc(N2C(=O)C(Nc3ccc(C)cc3)=C([n+]3ccccc3)C2=O)cc1. The summed E-state index contributed by atoms with van der Waals surface area (Å²) < 4.78 is 6.61. The van der Waals surface area contributed by atoms with E-state index in [1.807, 2.05) is 37.3 Å². The number of hydrogen-bond acceptors (Lipinski definition) is 5. The van der Waals surface area contributed by atoms with Gasteiger partial charge in [0.05, 0.1) is 17.9 Å². The van der Waals surface area contributed by atoms with Crippen LogP contribution < -0.4 is 14.8 Å². The van der Waals surface area contributed by atoms with E-state index in [0.717, 1.165) is 10.5 Å². The molecule has 2 aromatic carbocycles. The number of esters is 1. The van der Waals surface area contributed by atoms with Crippen LogP contribution in [0.2, 0.25) is 0 Å². The number of nitrogens with one attached hydrogen (secondary N) is 1. The molecule has 0 unspecified atom stereocenters. The van der Waals surface area contributed by atoms with Gasteiger partial charge in [0.25, 0.3) is 5.91 Å². The summed E-state index contributed by atoms with van der Waals surface area (Å²) in [6.07, 6.45) is 3.43. The summed E-state index contributed by atoms with van der Waals surface area (Å²) in [5.74, 6) is -1.41. The number of carbonyl (C=O) groups is 3. The number of pyridine rings is 1. The molecule has 0 atom stereocenters. The third kappa shape index (κ3) is 4.00. The quantitative estimate of drug-likeness (QED) is 0.370. The predicted molar refractivity (Wildman–Crippen MR) is 120 cm³/mol. The first kappa shape index (κ1) is 21.0. The number of rotatable bonds is 6. The topological polar surface area (TPSA) is 79.6 Å². The van der Waals surface area contributed by atoms with Crippen LogP contribution in [0.5, 0.6) is 0 Å². The van der Waals surface area contributed by atoms with Crippen LogP contribution >= 0.6 is 0 Å². The van der Waals surface area contributed by atoms with Crippen molar-refractivity contribution >= 4 is 34.9 Å². The maximum absolute atomic E-state index is 13.4. The molecule has 0 saturated heterocycles. The van der Waals surface area contributed by atoms with E-state index >= 15 is 0 Å². The van der Waals surface area contributed by atoms with Crippen molar-refractivity contribution in [2.24, 2.45) is 0 Å². The standard InChI is InChI=1S/C25H21N3O4/c1-3-32-25(31)18-9-13-20(14-10-18)28-23(29)21(26-19-11-7-17(2)8-12-19)22(24(28)30)27-15-5-4-6-16-27/h4-16H,3H2,1-2H3/p+1. The molecule has 4 rings (SSSR count). The van der Waals surface area contributed by atoms with Crippen molar-refractivity contribution in [1.29, 1.82) is 0 Å². The Kier molecular flexibility index (Phi) is 5.81. The first-order valence-electron chi connectivity index (χ1n) is 10.2. The number of benzene rings is 2. The molecule has 32 heavy (non-hydrogen) atoms. The fraction of sp³-hybridized carbons (Fsp3) is 0.120. The second-order valence-corrected chi connectivity index (χ2v) is 7.21. The van der Waals surface area contributed by atoms with E-state index in [1.165, 1.54) is 12.1 Å². The highest BCUT2D eigenvalue weighted by Crippen LogP contribution is 2.28. The van der Waals surface area contributed by atoms with Gasteiger partial charge < -0.3 is 10.1 Å². The molecule has 1 N–H and O–H groups in total. The molecule has 1 aliphatic rings. The Bertz CT molecular complexity index is 1200. The maximum Gasteiger partial charge on any atom is 0.338 e. The molecule has 7 nitrogen and oxygen atoms in total. The number of hydrogen-bond donors (Lipinski definition) is 1. The van der Waals surface area contributed by atoms with Crippen molar-refractivity contribution in [1.82, 2.24) is 0 Å². The van der Waals surface area contributed by atoms with Crippen molar-refractivity contribution < 1.29 is 23.7 Å². The minimum Gasteiger partial charge on any atom is -0.462 e. The van der Waals surface area contributed by atoms with Gasteiger partial charge in [0.1, 0.15) is 0 Å². The zero-order valence-corrected chi connectivity index (χ0v) is 17.7. The van der Waals surface area contributed by atoms with Gasteiger partial charge in [-0.3, -0.25) is 9.59 Å². The van der Waals surface area contributed by atoms with E-state index in [-0.39, 0.29) is 18.0 Å². The zero-order chi connectivity index (χ0) is 22.7. The molecule has 2 heterocycles. The average molecular weight is 428 g/mol. The first-order chi connectivity index (χ1) is 15.5. The highest BCUT2D eigenvalue weighted by molar-refractivity contribution is 6.42. The van der Waals surface area contributed by atoms with Gasteiger partial charge in [-0.15, -0.1) is 0 Å². The molecule has 7 heteroatoms. The summed E-state index contributed by atoms with van der Waals surface area (Å²) in [5, 5.41) is 3.12. The molecule has 3 aromatic rings. The van der Waals surface area contributed by atoms with E-state index in [1.54, 1.807) is 48.1 Å². The first-order valence-corrected chi connectivity index (χ1v) is 10.2. The van der Waals surface area contributed by atoms with Crippen LogP contribution in [0.1, 0.15) is 22.8 Å². The summed E-state index contributed by atoms with van der Waals surface area (Å²) in [5.41, 5.74) is 2.87. The van der Waals surface area contributed by atoms with Gasteiger partial charge in [-0.05, 0) is 50.2 Å². The number of carbonyl (C=O) groups excluding carboxylic acids is 3. The minimum atomic E-state index is -0.481. The molecule has 2 amide bonds. The number of amides is 2. The second-order valence-electron chi connectivity index (χ2n) is 7.21. The monoisotopic (exact) mass is 428 g/mol. The Labute approximate surface area is 185 Å². The highest BCUT2D eigenvalue weighted by atomic mass is 16.5. The molecule has 0 radical (unpaired) electrons. The van der Waals surface area contributed by atoms with Gasteiger partial charge in [-0.25, -0.2) is 9.69 Å². The van der Waals surface area contributed by atoms with Crippen molar-refractivity contribution in [3.8, 4) is 0 Å². The van der Waals surface area contributed by atoms with Crippen LogP contribution in [-0.2, 0) is 14.3 Å². The predicted octanol–water partition coefficient (Wildman–Crippen LogP) is 3.31. The Balaban J connectivity index is 1.72. The molecule has 0 bridgehead atoms. The highest BCUT2D eigenvalue weighted by Gasteiger charge is 2.45. The molecule has 0 aliphatic carbocycles. The number of aryl methyl sites for hydroxylation is 1. The lowest BCUT2D eigenvalue weighted by Crippen LogP contribution is -2.39.